The van der Waals surface area contributed by atoms with Gasteiger partial charge in [-0.3, -0.25) is 9.59 Å². The van der Waals surface area contributed by atoms with Gasteiger partial charge in [-0.25, -0.2) is 0 Å². The molecule has 0 spiro atoms. The summed E-state index contributed by atoms with van der Waals surface area (Å²) in [6, 6.07) is 0. The van der Waals surface area contributed by atoms with Crippen molar-refractivity contribution >= 4 is 11.9 Å². The minimum absolute atomic E-state index is 0.102. The lowest BCUT2D eigenvalue weighted by Crippen LogP contribution is -2.61. The molecule has 0 aromatic heterocycles. The van der Waals surface area contributed by atoms with E-state index in [1.54, 1.807) is 6.92 Å². The highest BCUT2D eigenvalue weighted by molar-refractivity contribution is 5.70. The molecule has 2 heterocycles. The molecule has 15 nitrogen and oxygen atoms in total. The first kappa shape index (κ1) is 45.7. The maximum Gasteiger partial charge on any atom is 0.306 e. The molecule has 2 aliphatic heterocycles. The molecule has 51 heavy (non-hydrogen) atoms. The Labute approximate surface area is 302 Å². The second-order valence-electron chi connectivity index (χ2n) is 13.7. The average Bonchev–Trinajstić information content (AvgIpc) is 3.13. The van der Waals surface area contributed by atoms with Crippen LogP contribution >= 0.6 is 0 Å². The fraction of sp³-hybridized carbons (Fsp3) is 0.944. The summed E-state index contributed by atoms with van der Waals surface area (Å²) >= 11 is 0. The quantitative estimate of drug-likeness (QED) is 0.0470. The van der Waals surface area contributed by atoms with Gasteiger partial charge in [-0.05, 0) is 6.42 Å². The highest BCUT2D eigenvalue weighted by Gasteiger charge is 2.47. The van der Waals surface area contributed by atoms with Gasteiger partial charge in [0.2, 0.25) is 0 Å². The van der Waals surface area contributed by atoms with E-state index in [1.807, 2.05) is 0 Å². The predicted octanol–water partition coefficient (Wildman–Crippen LogP) is 1.75. The van der Waals surface area contributed by atoms with Crippen molar-refractivity contribution in [2.75, 3.05) is 26.4 Å². The molecule has 0 aromatic rings. The van der Waals surface area contributed by atoms with E-state index in [-0.39, 0.29) is 26.1 Å². The van der Waals surface area contributed by atoms with Crippen molar-refractivity contribution in [3.63, 3.8) is 0 Å². The van der Waals surface area contributed by atoms with Crippen molar-refractivity contribution in [1.29, 1.82) is 0 Å². The topological polar surface area (TPSA) is 231 Å². The minimum atomic E-state index is -1.75. The number of unbranched alkanes of at least 4 members (excludes halogenated alkanes) is 14. The van der Waals surface area contributed by atoms with Gasteiger partial charge < -0.3 is 64.2 Å². The van der Waals surface area contributed by atoms with Crippen LogP contribution < -0.4 is 0 Å². The van der Waals surface area contributed by atoms with Crippen molar-refractivity contribution in [3.8, 4) is 0 Å². The van der Waals surface area contributed by atoms with Crippen LogP contribution in [0.2, 0.25) is 0 Å². The first-order chi connectivity index (χ1) is 24.5. The normalized spacial score (nSPS) is 30.2. The number of aliphatic hydroxyl groups excluding tert-OH is 7. The molecule has 11 unspecified atom stereocenters. The van der Waals surface area contributed by atoms with Gasteiger partial charge >= 0.3 is 11.9 Å². The molecule has 2 aliphatic rings. The second kappa shape index (κ2) is 26.3. The standard InChI is InChI=1S/C36H66O15/c1-3-5-6-7-8-9-10-11-12-13-14-15-16-17-18-19-28(39)49-24(21-46-27(38)4-2)22-47-35-34(45)32(43)30(41)26(51-35)23-48-36-33(44)31(42)29(40)25(20-37)50-36/h24-26,29-37,40-45H,3-23H2,1-2H3. The van der Waals surface area contributed by atoms with E-state index in [1.165, 1.54) is 70.6 Å². The Balaban J connectivity index is 1.75. The Hall–Kier alpha value is -1.50. The van der Waals surface area contributed by atoms with E-state index in [0.717, 1.165) is 19.3 Å². The van der Waals surface area contributed by atoms with Gasteiger partial charge in [0, 0.05) is 12.8 Å². The summed E-state index contributed by atoms with van der Waals surface area (Å²) in [5, 5.41) is 71.0. The molecule has 0 amide bonds. The molecule has 11 atom stereocenters. The summed E-state index contributed by atoms with van der Waals surface area (Å²) in [4.78, 5) is 24.4. The van der Waals surface area contributed by atoms with Crippen molar-refractivity contribution in [1.82, 2.24) is 0 Å². The zero-order valence-corrected chi connectivity index (χ0v) is 30.6. The van der Waals surface area contributed by atoms with E-state index < -0.39 is 92.7 Å². The van der Waals surface area contributed by atoms with Crippen LogP contribution in [0.25, 0.3) is 0 Å². The summed E-state index contributed by atoms with van der Waals surface area (Å²) in [7, 11) is 0. The predicted molar refractivity (Wildman–Crippen MR) is 183 cm³/mol. The van der Waals surface area contributed by atoms with Crippen LogP contribution in [-0.2, 0) is 38.0 Å². The number of carbonyl (C=O) groups is 2. The summed E-state index contributed by atoms with van der Waals surface area (Å²) in [5.41, 5.74) is 0. The molecular weight excluding hydrogens is 672 g/mol. The molecule has 2 rings (SSSR count). The molecule has 0 bridgehead atoms. The Morgan fingerprint density at radius 3 is 1.55 bits per heavy atom. The van der Waals surface area contributed by atoms with Gasteiger partial charge in [0.15, 0.2) is 18.7 Å². The zero-order chi connectivity index (χ0) is 37.6. The minimum Gasteiger partial charge on any atom is -0.462 e. The number of hydrogen-bond acceptors (Lipinski definition) is 15. The van der Waals surface area contributed by atoms with Crippen molar-refractivity contribution < 1.29 is 73.8 Å². The van der Waals surface area contributed by atoms with Gasteiger partial charge in [0.05, 0.1) is 19.8 Å². The Morgan fingerprint density at radius 2 is 1.04 bits per heavy atom. The smallest absolute Gasteiger partial charge is 0.306 e. The van der Waals surface area contributed by atoms with Crippen molar-refractivity contribution in [3.05, 3.63) is 0 Å². The summed E-state index contributed by atoms with van der Waals surface area (Å²) in [5.74, 6) is -1.02. The largest absolute Gasteiger partial charge is 0.462 e. The third-order valence-electron chi connectivity index (χ3n) is 9.39. The van der Waals surface area contributed by atoms with Crippen molar-refractivity contribution in [2.45, 2.75) is 191 Å². The number of esters is 2. The van der Waals surface area contributed by atoms with E-state index in [0.29, 0.717) is 6.42 Å². The van der Waals surface area contributed by atoms with Crippen LogP contribution in [-0.4, -0.2) is 142 Å². The van der Waals surface area contributed by atoms with Gasteiger partial charge in [-0.15, -0.1) is 0 Å². The SMILES string of the molecule is CCCCCCCCCCCCCCCCCC(=O)OC(COC(=O)CC)COC1OC(COC2OC(CO)C(O)C(O)C2O)C(O)C(O)C1O. The lowest BCUT2D eigenvalue weighted by atomic mass is 9.98. The third kappa shape index (κ3) is 17.0. The van der Waals surface area contributed by atoms with Crippen LogP contribution in [0.3, 0.4) is 0 Å². The van der Waals surface area contributed by atoms with E-state index in [9.17, 15) is 45.3 Å². The van der Waals surface area contributed by atoms with Crippen LogP contribution in [0.1, 0.15) is 123 Å². The maximum absolute atomic E-state index is 12.6. The number of aliphatic hydroxyl groups is 7. The fourth-order valence-corrected chi connectivity index (χ4v) is 6.08. The monoisotopic (exact) mass is 738 g/mol. The van der Waals surface area contributed by atoms with Crippen LogP contribution in [0, 0.1) is 0 Å². The number of carbonyl (C=O) groups excluding carboxylic acids is 2. The van der Waals surface area contributed by atoms with Crippen LogP contribution in [0.4, 0.5) is 0 Å². The Bertz CT molecular complexity index is 923. The molecule has 300 valence electrons. The van der Waals surface area contributed by atoms with Gasteiger partial charge in [0.1, 0.15) is 55.4 Å². The molecule has 7 N–H and O–H groups in total. The van der Waals surface area contributed by atoms with E-state index in [4.69, 9.17) is 28.4 Å². The van der Waals surface area contributed by atoms with Gasteiger partial charge in [-0.2, -0.15) is 0 Å². The first-order valence-corrected chi connectivity index (χ1v) is 19.1. The molecular formula is C36H66O15. The average molecular weight is 739 g/mol. The zero-order valence-electron chi connectivity index (χ0n) is 30.6. The number of hydrogen-bond donors (Lipinski definition) is 7. The van der Waals surface area contributed by atoms with E-state index >= 15 is 0 Å². The Morgan fingerprint density at radius 1 is 0.569 bits per heavy atom. The molecule has 0 saturated carbocycles. The van der Waals surface area contributed by atoms with E-state index in [2.05, 4.69) is 6.92 Å². The molecule has 2 saturated heterocycles. The Kier molecular flexibility index (Phi) is 23.5. The first-order valence-electron chi connectivity index (χ1n) is 19.1. The van der Waals surface area contributed by atoms with Gasteiger partial charge in [-0.1, -0.05) is 104 Å². The molecule has 15 heteroatoms. The van der Waals surface area contributed by atoms with Gasteiger partial charge in [0.25, 0.3) is 0 Å². The highest BCUT2D eigenvalue weighted by atomic mass is 16.7. The van der Waals surface area contributed by atoms with Crippen LogP contribution in [0.15, 0.2) is 0 Å². The molecule has 0 aromatic carbocycles. The summed E-state index contributed by atoms with van der Waals surface area (Å²) < 4.78 is 32.6. The summed E-state index contributed by atoms with van der Waals surface area (Å²) in [6.07, 6.45) is 1.47. The van der Waals surface area contributed by atoms with Crippen LogP contribution in [0.5, 0.6) is 0 Å². The second-order valence-corrected chi connectivity index (χ2v) is 13.7. The molecule has 0 radical (unpaired) electrons. The number of ether oxygens (including phenoxy) is 6. The van der Waals surface area contributed by atoms with Crippen molar-refractivity contribution in [2.24, 2.45) is 0 Å². The number of rotatable bonds is 27. The fourth-order valence-electron chi connectivity index (χ4n) is 6.08. The lowest BCUT2D eigenvalue weighted by Gasteiger charge is -2.42. The lowest BCUT2D eigenvalue weighted by molar-refractivity contribution is -0.332. The molecule has 2 fully saturated rings. The highest BCUT2D eigenvalue weighted by Crippen LogP contribution is 2.26. The third-order valence-corrected chi connectivity index (χ3v) is 9.39. The molecule has 0 aliphatic carbocycles. The summed E-state index contributed by atoms with van der Waals surface area (Å²) in [6.45, 7) is 1.95. The maximum atomic E-state index is 12.6.